The number of carbonyl (C=O) groups excluding carboxylic acids is 1. The number of ether oxygens (including phenoxy) is 2. The molecule has 4 heterocycles. The standard InChI is InChI=1S/C25H23N7O3S/c1-31-12-17(11-29-31)16-8-20-24(21(9-16)35-13-23(33)32-4-6-34-7-5-32)25(27-14-26-20)30-18-2-3-19-22(10-18)36-15-28-19/h2-3,8-12,14-15H,4-7,13H2,1H3,(H,26,27,30). The molecule has 10 nitrogen and oxygen atoms in total. The Kier molecular flexibility index (Phi) is 5.91. The molecule has 1 amide bonds. The third-order valence-corrected chi connectivity index (χ3v) is 6.84. The minimum Gasteiger partial charge on any atom is -0.483 e. The van der Waals surface area contributed by atoms with E-state index >= 15 is 0 Å². The van der Waals surface area contributed by atoms with Gasteiger partial charge in [-0.2, -0.15) is 5.10 Å². The minimum absolute atomic E-state index is 0.0831. The molecule has 3 aromatic heterocycles. The van der Waals surface area contributed by atoms with Gasteiger partial charge in [-0.15, -0.1) is 11.3 Å². The van der Waals surface area contributed by atoms with Crippen molar-refractivity contribution in [3.05, 3.63) is 54.6 Å². The molecule has 0 saturated carbocycles. The van der Waals surface area contributed by atoms with E-state index in [2.05, 4.69) is 25.4 Å². The number of anilines is 2. The highest BCUT2D eigenvalue weighted by molar-refractivity contribution is 7.16. The zero-order chi connectivity index (χ0) is 24.5. The first kappa shape index (κ1) is 22.4. The number of benzene rings is 2. The Morgan fingerprint density at radius 2 is 2.00 bits per heavy atom. The molecule has 1 aliphatic heterocycles. The number of nitrogens with one attached hydrogen (secondary N) is 1. The summed E-state index contributed by atoms with van der Waals surface area (Å²) in [4.78, 5) is 28.0. The highest BCUT2D eigenvalue weighted by Gasteiger charge is 2.20. The first-order chi connectivity index (χ1) is 17.6. The monoisotopic (exact) mass is 501 g/mol. The van der Waals surface area contributed by atoms with Crippen molar-refractivity contribution in [3.63, 3.8) is 0 Å². The molecule has 11 heteroatoms. The SMILES string of the molecule is Cn1cc(-c2cc(OCC(=O)N3CCOCC3)c3c(Nc4ccc5ncsc5c4)ncnc3c2)cn1. The number of hydrogen-bond donors (Lipinski definition) is 1. The smallest absolute Gasteiger partial charge is 0.260 e. The van der Waals surface area contributed by atoms with E-state index in [1.165, 1.54) is 6.33 Å². The van der Waals surface area contributed by atoms with Crippen molar-refractivity contribution < 1.29 is 14.3 Å². The molecule has 1 fully saturated rings. The van der Waals surface area contributed by atoms with Crippen molar-refractivity contribution in [1.82, 2.24) is 29.6 Å². The average Bonchev–Trinajstić information content (AvgIpc) is 3.56. The van der Waals surface area contributed by atoms with E-state index in [-0.39, 0.29) is 12.5 Å². The van der Waals surface area contributed by atoms with Crippen molar-refractivity contribution in [1.29, 1.82) is 0 Å². The lowest BCUT2D eigenvalue weighted by atomic mass is 10.1. The van der Waals surface area contributed by atoms with Crippen LogP contribution in [-0.2, 0) is 16.6 Å². The molecule has 0 spiro atoms. The molecule has 1 N–H and O–H groups in total. The highest BCUT2D eigenvalue weighted by atomic mass is 32.1. The largest absolute Gasteiger partial charge is 0.483 e. The Balaban J connectivity index is 1.38. The van der Waals surface area contributed by atoms with E-state index in [0.29, 0.717) is 48.8 Å². The first-order valence-electron chi connectivity index (χ1n) is 11.5. The molecule has 6 rings (SSSR count). The summed E-state index contributed by atoms with van der Waals surface area (Å²) >= 11 is 1.58. The van der Waals surface area contributed by atoms with Gasteiger partial charge >= 0.3 is 0 Å². The molecular weight excluding hydrogens is 478 g/mol. The summed E-state index contributed by atoms with van der Waals surface area (Å²) in [6, 6.07) is 9.85. The predicted molar refractivity (Wildman–Crippen MR) is 138 cm³/mol. The second kappa shape index (κ2) is 9.51. The number of rotatable bonds is 6. The quantitative estimate of drug-likeness (QED) is 0.376. The van der Waals surface area contributed by atoms with Gasteiger partial charge in [0.25, 0.3) is 5.91 Å². The van der Waals surface area contributed by atoms with Crippen LogP contribution in [0.3, 0.4) is 0 Å². The van der Waals surface area contributed by atoms with Gasteiger partial charge in [-0.25, -0.2) is 15.0 Å². The molecular formula is C25H23N7O3S. The van der Waals surface area contributed by atoms with Crippen LogP contribution >= 0.6 is 11.3 Å². The lowest BCUT2D eigenvalue weighted by molar-refractivity contribution is -0.137. The summed E-state index contributed by atoms with van der Waals surface area (Å²) in [5.74, 6) is 1.03. The number of amides is 1. The Morgan fingerprint density at radius 1 is 1.11 bits per heavy atom. The maximum absolute atomic E-state index is 12.8. The minimum atomic E-state index is -0.0905. The summed E-state index contributed by atoms with van der Waals surface area (Å²) in [7, 11) is 1.87. The lowest BCUT2D eigenvalue weighted by Gasteiger charge is -2.26. The number of aryl methyl sites for hydroxylation is 1. The molecule has 2 aromatic carbocycles. The molecule has 0 radical (unpaired) electrons. The van der Waals surface area contributed by atoms with Crippen molar-refractivity contribution in [2.75, 3.05) is 38.2 Å². The Hall–Kier alpha value is -4.09. The van der Waals surface area contributed by atoms with Crippen molar-refractivity contribution in [2.24, 2.45) is 7.05 Å². The maximum Gasteiger partial charge on any atom is 0.260 e. The van der Waals surface area contributed by atoms with Crippen LogP contribution in [0.5, 0.6) is 5.75 Å². The average molecular weight is 502 g/mol. The van der Waals surface area contributed by atoms with E-state index in [0.717, 1.165) is 27.0 Å². The molecule has 5 aromatic rings. The number of thiazole rings is 1. The molecule has 0 unspecified atom stereocenters. The number of nitrogens with zero attached hydrogens (tertiary/aromatic N) is 6. The lowest BCUT2D eigenvalue weighted by Crippen LogP contribution is -2.43. The fraction of sp³-hybridized carbons (Fsp3) is 0.240. The molecule has 1 saturated heterocycles. The van der Waals surface area contributed by atoms with Gasteiger partial charge < -0.3 is 19.7 Å². The van der Waals surface area contributed by atoms with Gasteiger partial charge in [-0.1, -0.05) is 0 Å². The Labute approximate surface area is 210 Å². The van der Waals surface area contributed by atoms with Gasteiger partial charge in [0.15, 0.2) is 6.61 Å². The molecule has 1 aliphatic rings. The van der Waals surface area contributed by atoms with Crippen LogP contribution in [0.25, 0.3) is 32.2 Å². The Morgan fingerprint density at radius 3 is 2.83 bits per heavy atom. The van der Waals surface area contributed by atoms with Crippen LogP contribution in [-0.4, -0.2) is 68.4 Å². The van der Waals surface area contributed by atoms with E-state index in [1.807, 2.05) is 49.1 Å². The molecule has 0 aliphatic carbocycles. The van der Waals surface area contributed by atoms with Crippen LogP contribution in [0.4, 0.5) is 11.5 Å². The summed E-state index contributed by atoms with van der Waals surface area (Å²) in [6.07, 6.45) is 5.23. The fourth-order valence-corrected chi connectivity index (χ4v) is 4.93. The molecule has 0 bridgehead atoms. The number of carbonyl (C=O) groups is 1. The second-order valence-corrected chi connectivity index (χ2v) is 9.32. The van der Waals surface area contributed by atoms with Crippen LogP contribution in [0, 0.1) is 0 Å². The number of aromatic nitrogens is 5. The van der Waals surface area contributed by atoms with E-state index in [9.17, 15) is 4.79 Å². The Bertz CT molecular complexity index is 1560. The zero-order valence-corrected chi connectivity index (χ0v) is 20.4. The van der Waals surface area contributed by atoms with Crippen LogP contribution in [0.1, 0.15) is 0 Å². The van der Waals surface area contributed by atoms with Crippen LogP contribution in [0.2, 0.25) is 0 Å². The fourth-order valence-electron chi connectivity index (χ4n) is 4.21. The van der Waals surface area contributed by atoms with Gasteiger partial charge in [0.1, 0.15) is 17.9 Å². The van der Waals surface area contributed by atoms with Gasteiger partial charge in [0.2, 0.25) is 0 Å². The van der Waals surface area contributed by atoms with Gasteiger partial charge in [0.05, 0.1) is 46.0 Å². The summed E-state index contributed by atoms with van der Waals surface area (Å²) in [5, 5.41) is 8.39. The number of fused-ring (bicyclic) bond motifs is 2. The summed E-state index contributed by atoms with van der Waals surface area (Å²) in [5.41, 5.74) is 6.16. The summed E-state index contributed by atoms with van der Waals surface area (Å²) < 4.78 is 14.3. The van der Waals surface area contributed by atoms with Gasteiger partial charge in [-0.3, -0.25) is 9.48 Å². The van der Waals surface area contributed by atoms with E-state index in [4.69, 9.17) is 9.47 Å². The van der Waals surface area contributed by atoms with Crippen molar-refractivity contribution >= 4 is 49.9 Å². The van der Waals surface area contributed by atoms with Gasteiger partial charge in [-0.05, 0) is 35.9 Å². The van der Waals surface area contributed by atoms with Crippen LogP contribution < -0.4 is 10.1 Å². The summed E-state index contributed by atoms with van der Waals surface area (Å²) in [6.45, 7) is 2.12. The highest BCUT2D eigenvalue weighted by Crippen LogP contribution is 2.36. The maximum atomic E-state index is 12.8. The van der Waals surface area contributed by atoms with Crippen molar-refractivity contribution in [3.8, 4) is 16.9 Å². The second-order valence-electron chi connectivity index (χ2n) is 8.44. The zero-order valence-electron chi connectivity index (χ0n) is 19.5. The molecule has 0 atom stereocenters. The third kappa shape index (κ3) is 4.45. The third-order valence-electron chi connectivity index (χ3n) is 6.05. The van der Waals surface area contributed by atoms with Crippen molar-refractivity contribution in [2.45, 2.75) is 0 Å². The van der Waals surface area contributed by atoms with E-state index in [1.54, 1.807) is 27.1 Å². The predicted octanol–water partition coefficient (Wildman–Crippen LogP) is 3.62. The topological polar surface area (TPSA) is 107 Å². The van der Waals surface area contributed by atoms with E-state index < -0.39 is 0 Å². The van der Waals surface area contributed by atoms with Crippen LogP contribution in [0.15, 0.2) is 54.6 Å². The molecule has 182 valence electrons. The van der Waals surface area contributed by atoms with Gasteiger partial charge in [0, 0.05) is 37.6 Å². The first-order valence-corrected chi connectivity index (χ1v) is 12.4. The number of morpholine rings is 1. The molecule has 36 heavy (non-hydrogen) atoms. The normalized spacial score (nSPS) is 13.9. The number of hydrogen-bond acceptors (Lipinski definition) is 9.